The van der Waals surface area contributed by atoms with Crippen LogP contribution in [0, 0.1) is 0 Å². The van der Waals surface area contributed by atoms with Crippen molar-refractivity contribution in [3.05, 3.63) is 66.0 Å². The zero-order valence-electron chi connectivity index (χ0n) is 13.7. The Morgan fingerprint density at radius 3 is 2.54 bits per heavy atom. The lowest BCUT2D eigenvalue weighted by atomic mass is 10.0. The summed E-state index contributed by atoms with van der Waals surface area (Å²) in [4.78, 5) is 18.8. The van der Waals surface area contributed by atoms with Crippen LogP contribution in [0.5, 0.6) is 0 Å². The highest BCUT2D eigenvalue weighted by molar-refractivity contribution is 5.94. The van der Waals surface area contributed by atoms with Crippen molar-refractivity contribution in [2.75, 3.05) is 32.8 Å². The van der Waals surface area contributed by atoms with Gasteiger partial charge in [-0.3, -0.25) is 14.7 Å². The molecule has 3 rings (SSSR count). The molecule has 0 bridgehead atoms. The lowest BCUT2D eigenvalue weighted by Gasteiger charge is -2.31. The third-order valence-corrected chi connectivity index (χ3v) is 4.18. The number of morpholine rings is 1. The Balaban J connectivity index is 1.67. The molecule has 0 spiro atoms. The Labute approximate surface area is 142 Å². The molecule has 1 saturated heterocycles. The van der Waals surface area contributed by atoms with E-state index >= 15 is 0 Å². The van der Waals surface area contributed by atoms with Gasteiger partial charge in [0.05, 0.1) is 13.2 Å². The number of benzene rings is 1. The van der Waals surface area contributed by atoms with Crippen LogP contribution < -0.4 is 5.32 Å². The van der Waals surface area contributed by atoms with Crippen LogP contribution in [0.15, 0.2) is 54.9 Å². The second-order valence-electron chi connectivity index (χ2n) is 6.01. The van der Waals surface area contributed by atoms with Crippen LogP contribution >= 0.6 is 0 Å². The molecule has 1 aromatic heterocycles. The molecule has 126 valence electrons. The fourth-order valence-electron chi connectivity index (χ4n) is 2.93. The normalized spacial score (nSPS) is 16.5. The SMILES string of the molecule is O=C(N[C@@H](Cc1ccccc1)CN1CCOCC1)c1ccncc1. The molecule has 0 unspecified atom stereocenters. The topological polar surface area (TPSA) is 54.5 Å². The second-order valence-corrected chi connectivity index (χ2v) is 6.01. The molecule has 1 aliphatic rings. The van der Waals surface area contributed by atoms with Crippen LogP contribution in [-0.2, 0) is 11.2 Å². The summed E-state index contributed by atoms with van der Waals surface area (Å²) >= 11 is 0. The van der Waals surface area contributed by atoms with Crippen LogP contribution in [0.1, 0.15) is 15.9 Å². The maximum Gasteiger partial charge on any atom is 0.251 e. The first-order valence-corrected chi connectivity index (χ1v) is 8.36. The van der Waals surface area contributed by atoms with Crippen LogP contribution in [0.3, 0.4) is 0 Å². The van der Waals surface area contributed by atoms with Crippen molar-refractivity contribution in [2.45, 2.75) is 12.5 Å². The molecule has 5 nitrogen and oxygen atoms in total. The van der Waals surface area contributed by atoms with E-state index in [4.69, 9.17) is 4.74 Å². The fourth-order valence-corrected chi connectivity index (χ4v) is 2.93. The van der Waals surface area contributed by atoms with Gasteiger partial charge >= 0.3 is 0 Å². The Kier molecular flexibility index (Phi) is 5.93. The van der Waals surface area contributed by atoms with Crippen LogP contribution in [0.4, 0.5) is 0 Å². The van der Waals surface area contributed by atoms with E-state index in [2.05, 4.69) is 27.3 Å². The van der Waals surface area contributed by atoms with Crippen LogP contribution in [0.2, 0.25) is 0 Å². The maximum atomic E-state index is 12.5. The van der Waals surface area contributed by atoms with E-state index in [9.17, 15) is 4.79 Å². The van der Waals surface area contributed by atoms with Crippen molar-refractivity contribution in [3.8, 4) is 0 Å². The van der Waals surface area contributed by atoms with Gasteiger partial charge in [-0.1, -0.05) is 30.3 Å². The molecule has 1 aromatic carbocycles. The van der Waals surface area contributed by atoms with Crippen LogP contribution in [0.25, 0.3) is 0 Å². The lowest BCUT2D eigenvalue weighted by Crippen LogP contribution is -2.48. The monoisotopic (exact) mass is 325 g/mol. The van der Waals surface area contributed by atoms with Crippen molar-refractivity contribution < 1.29 is 9.53 Å². The predicted octanol–water partition coefficient (Wildman–Crippen LogP) is 1.75. The summed E-state index contributed by atoms with van der Waals surface area (Å²) in [6.45, 7) is 4.18. The molecule has 1 fully saturated rings. The number of nitrogens with zero attached hydrogens (tertiary/aromatic N) is 2. The molecule has 2 aromatic rings. The van der Waals surface area contributed by atoms with Crippen molar-refractivity contribution in [3.63, 3.8) is 0 Å². The van der Waals surface area contributed by atoms with Gasteiger partial charge in [0.15, 0.2) is 0 Å². The highest BCUT2D eigenvalue weighted by Crippen LogP contribution is 2.08. The van der Waals surface area contributed by atoms with Crippen molar-refractivity contribution in [1.82, 2.24) is 15.2 Å². The van der Waals surface area contributed by atoms with Gasteiger partial charge in [0.1, 0.15) is 0 Å². The smallest absolute Gasteiger partial charge is 0.251 e. The van der Waals surface area contributed by atoms with Gasteiger partial charge in [-0.25, -0.2) is 0 Å². The summed E-state index contributed by atoms with van der Waals surface area (Å²) in [7, 11) is 0. The average molecular weight is 325 g/mol. The molecule has 0 saturated carbocycles. The van der Waals surface area contributed by atoms with E-state index < -0.39 is 0 Å². The molecule has 5 heteroatoms. The van der Waals surface area contributed by atoms with Crippen molar-refractivity contribution in [2.24, 2.45) is 0 Å². The molecule has 24 heavy (non-hydrogen) atoms. The van der Waals surface area contributed by atoms with Gasteiger partial charge in [0.2, 0.25) is 0 Å². The summed E-state index contributed by atoms with van der Waals surface area (Å²) < 4.78 is 5.41. The largest absolute Gasteiger partial charge is 0.379 e. The van der Waals surface area contributed by atoms with Gasteiger partial charge in [-0.2, -0.15) is 0 Å². The first kappa shape index (κ1) is 16.6. The van der Waals surface area contributed by atoms with Gasteiger partial charge < -0.3 is 10.1 Å². The number of amides is 1. The third-order valence-electron chi connectivity index (χ3n) is 4.18. The third kappa shape index (κ3) is 4.88. The number of carbonyl (C=O) groups excluding carboxylic acids is 1. The number of ether oxygens (including phenoxy) is 1. The molecular weight excluding hydrogens is 302 g/mol. The van der Waals surface area contributed by atoms with E-state index in [1.54, 1.807) is 24.5 Å². The summed E-state index contributed by atoms with van der Waals surface area (Å²) in [6.07, 6.45) is 4.10. The van der Waals surface area contributed by atoms with Gasteiger partial charge in [0.25, 0.3) is 5.91 Å². The molecule has 1 N–H and O–H groups in total. The van der Waals surface area contributed by atoms with Gasteiger partial charge in [-0.05, 0) is 24.1 Å². The lowest BCUT2D eigenvalue weighted by molar-refractivity contribution is 0.0333. The van der Waals surface area contributed by atoms with Gasteiger partial charge in [0, 0.05) is 43.6 Å². The Morgan fingerprint density at radius 1 is 1.12 bits per heavy atom. The molecule has 0 radical (unpaired) electrons. The number of aromatic nitrogens is 1. The molecule has 1 amide bonds. The average Bonchev–Trinajstić information content (AvgIpc) is 2.64. The number of hydrogen-bond donors (Lipinski definition) is 1. The second kappa shape index (κ2) is 8.57. The minimum absolute atomic E-state index is 0.0495. The molecule has 1 aliphatic heterocycles. The van der Waals surface area contributed by atoms with E-state index in [0.717, 1.165) is 39.3 Å². The van der Waals surface area contributed by atoms with Gasteiger partial charge in [-0.15, -0.1) is 0 Å². The summed E-state index contributed by atoms with van der Waals surface area (Å²) in [5, 5.41) is 3.18. The predicted molar refractivity (Wildman–Crippen MR) is 92.9 cm³/mol. The zero-order chi connectivity index (χ0) is 16.6. The quantitative estimate of drug-likeness (QED) is 0.879. The minimum Gasteiger partial charge on any atom is -0.379 e. The number of pyridine rings is 1. The highest BCUT2D eigenvalue weighted by atomic mass is 16.5. The van der Waals surface area contributed by atoms with Crippen LogP contribution in [-0.4, -0.2) is 54.7 Å². The standard InChI is InChI=1S/C19H23N3O2/c23-19(17-6-8-20-9-7-17)21-18(14-16-4-2-1-3-5-16)15-22-10-12-24-13-11-22/h1-9,18H,10-15H2,(H,21,23)/t18-/m0/s1. The first-order chi connectivity index (χ1) is 11.8. The summed E-state index contributed by atoms with van der Waals surface area (Å²) in [5.41, 5.74) is 1.87. The first-order valence-electron chi connectivity index (χ1n) is 8.36. The van der Waals surface area contributed by atoms with E-state index in [1.807, 2.05) is 18.2 Å². The maximum absolute atomic E-state index is 12.5. The summed E-state index contributed by atoms with van der Waals surface area (Å²) in [6, 6.07) is 13.8. The van der Waals surface area contributed by atoms with E-state index in [0.29, 0.717) is 5.56 Å². The Bertz CT molecular complexity index is 628. The minimum atomic E-state index is -0.0495. The summed E-state index contributed by atoms with van der Waals surface area (Å²) in [5.74, 6) is -0.0495. The molecule has 1 atom stereocenters. The molecular formula is C19H23N3O2. The number of carbonyl (C=O) groups is 1. The van der Waals surface area contributed by atoms with Crippen molar-refractivity contribution >= 4 is 5.91 Å². The number of hydrogen-bond acceptors (Lipinski definition) is 4. The van der Waals surface area contributed by atoms with E-state index in [1.165, 1.54) is 5.56 Å². The number of nitrogens with one attached hydrogen (secondary N) is 1. The molecule has 2 heterocycles. The highest BCUT2D eigenvalue weighted by Gasteiger charge is 2.19. The van der Waals surface area contributed by atoms with E-state index in [-0.39, 0.29) is 11.9 Å². The van der Waals surface area contributed by atoms with Crippen molar-refractivity contribution in [1.29, 1.82) is 0 Å². The Hall–Kier alpha value is -2.24. The Morgan fingerprint density at radius 2 is 1.83 bits per heavy atom. The number of rotatable bonds is 6. The molecule has 0 aliphatic carbocycles. The zero-order valence-corrected chi connectivity index (χ0v) is 13.7. The fraction of sp³-hybridized carbons (Fsp3) is 0.368.